The first-order valence-corrected chi connectivity index (χ1v) is 11.6. The van der Waals surface area contributed by atoms with Crippen molar-refractivity contribution in [2.45, 2.75) is 0 Å². The van der Waals surface area contributed by atoms with Crippen molar-refractivity contribution >= 4 is 17.5 Å². The fourth-order valence-corrected chi connectivity index (χ4v) is 4.51. The van der Waals surface area contributed by atoms with Gasteiger partial charge in [-0.15, -0.1) is 0 Å². The molecule has 0 spiro atoms. The van der Waals surface area contributed by atoms with Gasteiger partial charge in [-0.3, -0.25) is 19.4 Å². The molecule has 9 nitrogen and oxygen atoms in total. The van der Waals surface area contributed by atoms with Crippen LogP contribution in [0.5, 0.6) is 5.75 Å². The SMILES string of the molecule is COc1ccc(N2CCN(C(=O)CN3CCN(CC(=O)N4CCOCC4)CC3)CC2)cc1. The third kappa shape index (κ3) is 5.90. The molecule has 3 saturated heterocycles. The van der Waals surface area contributed by atoms with Crippen molar-refractivity contribution in [2.75, 3.05) is 104 Å². The molecule has 0 aliphatic carbocycles. The van der Waals surface area contributed by atoms with Gasteiger partial charge in [0.25, 0.3) is 0 Å². The van der Waals surface area contributed by atoms with Gasteiger partial charge in [-0.1, -0.05) is 0 Å². The lowest BCUT2D eigenvalue weighted by Crippen LogP contribution is -2.55. The highest BCUT2D eigenvalue weighted by atomic mass is 16.5. The number of nitrogens with zero attached hydrogens (tertiary/aromatic N) is 5. The van der Waals surface area contributed by atoms with Gasteiger partial charge in [-0.25, -0.2) is 0 Å². The molecule has 0 aromatic heterocycles. The number of amides is 2. The zero-order valence-corrected chi connectivity index (χ0v) is 19.1. The van der Waals surface area contributed by atoms with Crippen molar-refractivity contribution in [1.29, 1.82) is 0 Å². The van der Waals surface area contributed by atoms with E-state index in [0.717, 1.165) is 58.1 Å². The van der Waals surface area contributed by atoms with Crippen LogP contribution in [0.1, 0.15) is 0 Å². The van der Waals surface area contributed by atoms with Crippen molar-refractivity contribution in [2.24, 2.45) is 0 Å². The van der Waals surface area contributed by atoms with Crippen molar-refractivity contribution in [3.8, 4) is 5.75 Å². The number of morpholine rings is 1. The summed E-state index contributed by atoms with van der Waals surface area (Å²) < 4.78 is 10.5. The topological polar surface area (TPSA) is 68.8 Å². The second-order valence-corrected chi connectivity index (χ2v) is 8.61. The van der Waals surface area contributed by atoms with Crippen LogP contribution in [0, 0.1) is 0 Å². The van der Waals surface area contributed by atoms with Gasteiger partial charge in [-0.05, 0) is 24.3 Å². The maximum Gasteiger partial charge on any atom is 0.236 e. The summed E-state index contributed by atoms with van der Waals surface area (Å²) in [5.41, 5.74) is 1.17. The predicted molar refractivity (Wildman–Crippen MR) is 122 cm³/mol. The van der Waals surface area contributed by atoms with Crippen LogP contribution in [0.15, 0.2) is 24.3 Å². The van der Waals surface area contributed by atoms with E-state index in [0.29, 0.717) is 39.4 Å². The summed E-state index contributed by atoms with van der Waals surface area (Å²) in [6.45, 7) is 10.1. The minimum Gasteiger partial charge on any atom is -0.497 e. The highest BCUT2D eigenvalue weighted by molar-refractivity contribution is 5.79. The number of hydrogen-bond acceptors (Lipinski definition) is 7. The molecule has 4 rings (SSSR count). The van der Waals surface area contributed by atoms with Crippen LogP contribution in [0.3, 0.4) is 0 Å². The van der Waals surface area contributed by atoms with E-state index in [1.165, 1.54) is 5.69 Å². The third-order valence-corrected chi connectivity index (χ3v) is 6.62. The molecule has 176 valence electrons. The molecule has 9 heteroatoms. The van der Waals surface area contributed by atoms with Crippen LogP contribution in [-0.2, 0) is 14.3 Å². The van der Waals surface area contributed by atoms with Crippen LogP contribution >= 0.6 is 0 Å². The van der Waals surface area contributed by atoms with Gasteiger partial charge in [0, 0.05) is 71.1 Å². The van der Waals surface area contributed by atoms with Gasteiger partial charge in [-0.2, -0.15) is 0 Å². The Labute approximate surface area is 190 Å². The second kappa shape index (κ2) is 11.0. The Hall–Kier alpha value is -2.36. The largest absolute Gasteiger partial charge is 0.497 e. The van der Waals surface area contributed by atoms with E-state index >= 15 is 0 Å². The van der Waals surface area contributed by atoms with E-state index in [1.54, 1.807) is 7.11 Å². The third-order valence-electron chi connectivity index (χ3n) is 6.62. The fourth-order valence-electron chi connectivity index (χ4n) is 4.51. The summed E-state index contributed by atoms with van der Waals surface area (Å²) in [7, 11) is 1.67. The number of piperazine rings is 2. The van der Waals surface area contributed by atoms with E-state index in [1.807, 2.05) is 21.9 Å². The van der Waals surface area contributed by atoms with Crippen LogP contribution in [0.2, 0.25) is 0 Å². The van der Waals surface area contributed by atoms with E-state index in [2.05, 4.69) is 26.8 Å². The summed E-state index contributed by atoms with van der Waals surface area (Å²) in [5, 5.41) is 0. The van der Waals surface area contributed by atoms with Crippen molar-refractivity contribution in [3.05, 3.63) is 24.3 Å². The Morgan fingerprint density at radius 2 is 1.25 bits per heavy atom. The van der Waals surface area contributed by atoms with Gasteiger partial charge in [0.1, 0.15) is 5.75 Å². The molecule has 0 radical (unpaired) electrons. The number of carbonyl (C=O) groups is 2. The maximum absolute atomic E-state index is 12.8. The summed E-state index contributed by atoms with van der Waals surface area (Å²) in [6.07, 6.45) is 0. The van der Waals surface area contributed by atoms with Crippen LogP contribution in [0.4, 0.5) is 5.69 Å². The van der Waals surface area contributed by atoms with Crippen LogP contribution < -0.4 is 9.64 Å². The van der Waals surface area contributed by atoms with Crippen LogP contribution in [-0.4, -0.2) is 130 Å². The van der Waals surface area contributed by atoms with Crippen LogP contribution in [0.25, 0.3) is 0 Å². The number of carbonyl (C=O) groups excluding carboxylic acids is 2. The lowest BCUT2D eigenvalue weighted by molar-refractivity contribution is -0.138. The molecule has 0 atom stereocenters. The molecule has 3 aliphatic heterocycles. The standard InChI is InChI=1S/C23H35N5O4/c1-31-21-4-2-20(3-5-21)26-10-12-27(13-11-26)22(29)18-24-6-8-25(9-7-24)19-23(30)28-14-16-32-17-15-28/h2-5H,6-19H2,1H3. The van der Waals surface area contributed by atoms with Gasteiger partial charge in [0.15, 0.2) is 0 Å². The summed E-state index contributed by atoms with van der Waals surface area (Å²) in [6, 6.07) is 8.08. The molecule has 1 aromatic rings. The van der Waals surface area contributed by atoms with E-state index in [9.17, 15) is 9.59 Å². The maximum atomic E-state index is 12.8. The molecule has 3 heterocycles. The molecule has 0 N–H and O–H groups in total. The molecule has 0 unspecified atom stereocenters. The minimum atomic E-state index is 0.188. The molecule has 0 saturated carbocycles. The summed E-state index contributed by atoms with van der Waals surface area (Å²) in [4.78, 5) is 35.9. The van der Waals surface area contributed by atoms with Crippen molar-refractivity contribution in [1.82, 2.24) is 19.6 Å². The smallest absolute Gasteiger partial charge is 0.236 e. The van der Waals surface area contributed by atoms with Crippen molar-refractivity contribution in [3.63, 3.8) is 0 Å². The first kappa shape index (κ1) is 22.8. The predicted octanol–water partition coefficient (Wildman–Crippen LogP) is -0.180. The molecule has 2 amide bonds. The fraction of sp³-hybridized carbons (Fsp3) is 0.652. The molecule has 3 aliphatic rings. The average Bonchev–Trinajstić information content (AvgIpc) is 2.86. The lowest BCUT2D eigenvalue weighted by atomic mass is 10.2. The first-order valence-electron chi connectivity index (χ1n) is 11.6. The molecule has 32 heavy (non-hydrogen) atoms. The zero-order chi connectivity index (χ0) is 22.3. The molecular formula is C23H35N5O4. The number of methoxy groups -OCH3 is 1. The average molecular weight is 446 g/mol. The first-order chi connectivity index (χ1) is 15.6. The minimum absolute atomic E-state index is 0.188. The van der Waals surface area contributed by atoms with E-state index in [-0.39, 0.29) is 11.8 Å². The monoisotopic (exact) mass is 445 g/mol. The van der Waals surface area contributed by atoms with Crippen molar-refractivity contribution < 1.29 is 19.1 Å². The molecule has 1 aromatic carbocycles. The Kier molecular flexibility index (Phi) is 7.83. The highest BCUT2D eigenvalue weighted by Crippen LogP contribution is 2.20. The highest BCUT2D eigenvalue weighted by Gasteiger charge is 2.26. The number of rotatable bonds is 6. The molecule has 0 bridgehead atoms. The summed E-state index contributed by atoms with van der Waals surface area (Å²) >= 11 is 0. The molecule has 3 fully saturated rings. The second-order valence-electron chi connectivity index (χ2n) is 8.61. The van der Waals surface area contributed by atoms with Gasteiger partial charge >= 0.3 is 0 Å². The van der Waals surface area contributed by atoms with E-state index in [4.69, 9.17) is 9.47 Å². The zero-order valence-electron chi connectivity index (χ0n) is 19.1. The Balaban J connectivity index is 1.15. The number of ether oxygens (including phenoxy) is 2. The van der Waals surface area contributed by atoms with Gasteiger partial charge in [0.05, 0.1) is 33.4 Å². The number of benzene rings is 1. The van der Waals surface area contributed by atoms with E-state index < -0.39 is 0 Å². The Bertz CT molecular complexity index is 752. The molecular weight excluding hydrogens is 410 g/mol. The number of hydrogen-bond donors (Lipinski definition) is 0. The Morgan fingerprint density at radius 1 is 0.750 bits per heavy atom. The normalized spacial score (nSPS) is 21.0. The number of anilines is 1. The summed E-state index contributed by atoms with van der Waals surface area (Å²) in [5.74, 6) is 1.25. The Morgan fingerprint density at radius 3 is 1.75 bits per heavy atom. The van der Waals surface area contributed by atoms with Gasteiger partial charge in [0.2, 0.25) is 11.8 Å². The van der Waals surface area contributed by atoms with Gasteiger partial charge < -0.3 is 24.2 Å². The lowest BCUT2D eigenvalue weighted by Gasteiger charge is -2.39. The quantitative estimate of drug-likeness (QED) is 0.602.